The van der Waals surface area contributed by atoms with Gasteiger partial charge in [0.05, 0.1) is 17.7 Å². The Labute approximate surface area is 135 Å². The van der Waals surface area contributed by atoms with Crippen molar-refractivity contribution in [1.29, 1.82) is 0 Å². The molecule has 5 heteroatoms. The van der Waals surface area contributed by atoms with Crippen LogP contribution in [0.15, 0.2) is 24.3 Å². The topological polar surface area (TPSA) is 63.7 Å². The SMILES string of the molecule is C[C@@H](C(=O)OCC1CCCCC1)N1C(=O)c2ccccc2C1=O. The van der Waals surface area contributed by atoms with Crippen molar-refractivity contribution in [2.45, 2.75) is 45.1 Å². The highest BCUT2D eigenvalue weighted by atomic mass is 16.5. The molecule has 0 N–H and O–H groups in total. The summed E-state index contributed by atoms with van der Waals surface area (Å²) in [5, 5.41) is 0. The molecular weight excluding hydrogens is 294 g/mol. The fourth-order valence-corrected chi connectivity index (χ4v) is 3.34. The van der Waals surface area contributed by atoms with E-state index >= 15 is 0 Å². The van der Waals surface area contributed by atoms with Gasteiger partial charge in [0.1, 0.15) is 6.04 Å². The zero-order valence-corrected chi connectivity index (χ0v) is 13.3. The lowest BCUT2D eigenvalue weighted by molar-refractivity contribution is -0.149. The largest absolute Gasteiger partial charge is 0.464 e. The Hall–Kier alpha value is -2.17. The molecule has 0 spiro atoms. The van der Waals surface area contributed by atoms with Crippen LogP contribution in [0.1, 0.15) is 59.7 Å². The summed E-state index contributed by atoms with van der Waals surface area (Å²) in [6.45, 7) is 1.93. The summed E-state index contributed by atoms with van der Waals surface area (Å²) in [5.74, 6) is -0.951. The first-order valence-corrected chi connectivity index (χ1v) is 8.23. The van der Waals surface area contributed by atoms with Gasteiger partial charge in [0.15, 0.2) is 0 Å². The maximum Gasteiger partial charge on any atom is 0.329 e. The van der Waals surface area contributed by atoms with Gasteiger partial charge in [-0.25, -0.2) is 4.79 Å². The minimum absolute atomic E-state index is 0.351. The maximum atomic E-state index is 12.4. The predicted octanol–water partition coefficient (Wildman–Crippen LogP) is 2.79. The lowest BCUT2D eigenvalue weighted by Crippen LogP contribution is -2.44. The number of imide groups is 1. The van der Waals surface area contributed by atoms with Gasteiger partial charge >= 0.3 is 5.97 Å². The molecule has 122 valence electrons. The molecular formula is C18H21NO4. The lowest BCUT2D eigenvalue weighted by Gasteiger charge is -2.24. The van der Waals surface area contributed by atoms with Crippen LogP contribution in [0.4, 0.5) is 0 Å². The number of nitrogens with zero attached hydrogens (tertiary/aromatic N) is 1. The highest BCUT2D eigenvalue weighted by Crippen LogP contribution is 2.26. The first kappa shape index (κ1) is 15.7. The summed E-state index contributed by atoms with van der Waals surface area (Å²) in [6, 6.07) is 5.73. The normalized spacial score (nSPS) is 19.6. The van der Waals surface area contributed by atoms with E-state index in [0.717, 1.165) is 17.7 Å². The Morgan fingerprint density at radius 3 is 2.26 bits per heavy atom. The third-order valence-corrected chi connectivity index (χ3v) is 4.74. The minimum Gasteiger partial charge on any atom is -0.464 e. The van der Waals surface area contributed by atoms with E-state index in [9.17, 15) is 14.4 Å². The van der Waals surface area contributed by atoms with Gasteiger partial charge in [0, 0.05) is 0 Å². The van der Waals surface area contributed by atoms with Crippen molar-refractivity contribution in [3.63, 3.8) is 0 Å². The predicted molar refractivity (Wildman–Crippen MR) is 83.9 cm³/mol. The quantitative estimate of drug-likeness (QED) is 0.633. The molecule has 1 aromatic carbocycles. The van der Waals surface area contributed by atoms with Crippen molar-refractivity contribution in [3.8, 4) is 0 Å². The smallest absolute Gasteiger partial charge is 0.329 e. The van der Waals surface area contributed by atoms with Crippen molar-refractivity contribution < 1.29 is 19.1 Å². The fraction of sp³-hybridized carbons (Fsp3) is 0.500. The second-order valence-corrected chi connectivity index (χ2v) is 6.34. The van der Waals surface area contributed by atoms with Crippen LogP contribution in [0.5, 0.6) is 0 Å². The van der Waals surface area contributed by atoms with Crippen molar-refractivity contribution in [1.82, 2.24) is 4.90 Å². The number of hydrogen-bond acceptors (Lipinski definition) is 4. The van der Waals surface area contributed by atoms with E-state index in [1.165, 1.54) is 19.3 Å². The standard InChI is InChI=1S/C18H21NO4/c1-12(18(22)23-11-13-7-3-2-4-8-13)19-16(20)14-9-5-6-10-15(14)17(19)21/h5-6,9-10,12-13H,2-4,7-8,11H2,1H3/t12-/m0/s1. The molecule has 1 saturated carbocycles. The molecule has 0 radical (unpaired) electrons. The molecule has 0 saturated heterocycles. The third kappa shape index (κ3) is 3.00. The molecule has 1 aromatic rings. The van der Waals surface area contributed by atoms with Gasteiger partial charge in [-0.15, -0.1) is 0 Å². The average molecular weight is 315 g/mol. The summed E-state index contributed by atoms with van der Waals surface area (Å²) in [6.07, 6.45) is 5.76. The Kier molecular flexibility index (Phi) is 4.46. The zero-order chi connectivity index (χ0) is 16.4. The summed E-state index contributed by atoms with van der Waals surface area (Å²) < 4.78 is 5.37. The van der Waals surface area contributed by atoms with Gasteiger partial charge in [-0.2, -0.15) is 0 Å². The summed E-state index contributed by atoms with van der Waals surface area (Å²) in [5.41, 5.74) is 0.703. The van der Waals surface area contributed by atoms with Gasteiger partial charge in [0.2, 0.25) is 0 Å². The molecule has 1 aliphatic carbocycles. The molecule has 0 aromatic heterocycles. The van der Waals surface area contributed by atoms with Crippen LogP contribution in [0.2, 0.25) is 0 Å². The second kappa shape index (κ2) is 6.52. The van der Waals surface area contributed by atoms with Crippen LogP contribution in [0.25, 0.3) is 0 Å². The molecule has 2 amide bonds. The van der Waals surface area contributed by atoms with Crippen LogP contribution >= 0.6 is 0 Å². The van der Waals surface area contributed by atoms with Gasteiger partial charge < -0.3 is 4.74 Å². The van der Waals surface area contributed by atoms with Crippen molar-refractivity contribution >= 4 is 17.8 Å². The van der Waals surface area contributed by atoms with Crippen molar-refractivity contribution in [2.24, 2.45) is 5.92 Å². The summed E-state index contributed by atoms with van der Waals surface area (Å²) in [7, 11) is 0. The number of ether oxygens (including phenoxy) is 1. The monoisotopic (exact) mass is 315 g/mol. The highest BCUT2D eigenvalue weighted by Gasteiger charge is 2.41. The number of amides is 2. The molecule has 0 unspecified atom stereocenters. The van der Waals surface area contributed by atoms with E-state index in [4.69, 9.17) is 4.74 Å². The van der Waals surface area contributed by atoms with Gasteiger partial charge in [-0.05, 0) is 37.8 Å². The summed E-state index contributed by atoms with van der Waals surface area (Å²) in [4.78, 5) is 38.0. The number of esters is 1. The zero-order valence-electron chi connectivity index (χ0n) is 13.3. The Balaban J connectivity index is 1.64. The molecule has 1 aliphatic heterocycles. The maximum absolute atomic E-state index is 12.4. The highest BCUT2D eigenvalue weighted by molar-refractivity contribution is 6.22. The first-order chi connectivity index (χ1) is 11.1. The minimum atomic E-state index is -0.897. The average Bonchev–Trinajstić information content (AvgIpc) is 2.84. The molecule has 0 bridgehead atoms. The van der Waals surface area contributed by atoms with Crippen LogP contribution < -0.4 is 0 Å². The molecule has 2 aliphatic rings. The van der Waals surface area contributed by atoms with Gasteiger partial charge in [-0.1, -0.05) is 31.4 Å². The van der Waals surface area contributed by atoms with E-state index in [1.54, 1.807) is 31.2 Å². The van der Waals surface area contributed by atoms with Crippen LogP contribution in [0.3, 0.4) is 0 Å². The van der Waals surface area contributed by atoms with Crippen LogP contribution in [0, 0.1) is 5.92 Å². The first-order valence-electron chi connectivity index (χ1n) is 8.23. The van der Waals surface area contributed by atoms with E-state index in [-0.39, 0.29) is 0 Å². The lowest BCUT2D eigenvalue weighted by atomic mass is 9.90. The Morgan fingerprint density at radius 2 is 1.70 bits per heavy atom. The molecule has 1 fully saturated rings. The van der Waals surface area contributed by atoms with E-state index in [1.807, 2.05) is 0 Å². The van der Waals surface area contributed by atoms with E-state index in [0.29, 0.717) is 23.7 Å². The molecule has 23 heavy (non-hydrogen) atoms. The van der Waals surface area contributed by atoms with E-state index < -0.39 is 23.8 Å². The van der Waals surface area contributed by atoms with Gasteiger partial charge in [-0.3, -0.25) is 14.5 Å². The number of carbonyl (C=O) groups is 3. The molecule has 1 atom stereocenters. The number of benzene rings is 1. The second-order valence-electron chi connectivity index (χ2n) is 6.34. The number of carbonyl (C=O) groups excluding carboxylic acids is 3. The third-order valence-electron chi connectivity index (χ3n) is 4.74. The number of hydrogen-bond donors (Lipinski definition) is 0. The molecule has 3 rings (SSSR count). The van der Waals surface area contributed by atoms with Crippen LogP contribution in [-0.2, 0) is 9.53 Å². The number of fused-ring (bicyclic) bond motifs is 1. The Bertz CT molecular complexity index is 599. The van der Waals surface area contributed by atoms with Gasteiger partial charge in [0.25, 0.3) is 11.8 Å². The van der Waals surface area contributed by atoms with E-state index in [2.05, 4.69) is 0 Å². The molecule has 5 nitrogen and oxygen atoms in total. The molecule has 1 heterocycles. The van der Waals surface area contributed by atoms with Crippen molar-refractivity contribution in [3.05, 3.63) is 35.4 Å². The Morgan fingerprint density at radius 1 is 1.13 bits per heavy atom. The van der Waals surface area contributed by atoms with Crippen molar-refractivity contribution in [2.75, 3.05) is 6.61 Å². The summed E-state index contributed by atoms with van der Waals surface area (Å²) >= 11 is 0. The number of rotatable bonds is 4. The fourth-order valence-electron chi connectivity index (χ4n) is 3.34. The van der Waals surface area contributed by atoms with Crippen LogP contribution in [-0.4, -0.2) is 35.3 Å².